The molecule has 0 bridgehead atoms. The third-order valence-electron chi connectivity index (χ3n) is 4.03. The van der Waals surface area contributed by atoms with Crippen LogP contribution in [0.5, 0.6) is 0 Å². The zero-order chi connectivity index (χ0) is 14.8. The van der Waals surface area contributed by atoms with E-state index in [2.05, 4.69) is 52.6 Å². The molecule has 1 aliphatic heterocycles. The maximum Gasteiger partial charge on any atom is 0.120 e. The number of aryl methyl sites for hydroxylation is 1. The third-order valence-corrected chi connectivity index (χ3v) is 4.03. The normalized spacial score (nSPS) is 15.3. The molecule has 0 saturated carbocycles. The highest BCUT2D eigenvalue weighted by molar-refractivity contribution is 5.92. The molecule has 3 rings (SSSR count). The van der Waals surface area contributed by atoms with E-state index in [1.165, 1.54) is 16.6 Å². The predicted octanol–water partition coefficient (Wildman–Crippen LogP) is 2.83. The third kappa shape index (κ3) is 2.61. The first kappa shape index (κ1) is 13.6. The largest absolute Gasteiger partial charge is 0.367 e. The first-order valence-electron chi connectivity index (χ1n) is 7.25. The fraction of sp³-hybridized carbons (Fsp3) is 0.294. The summed E-state index contributed by atoms with van der Waals surface area (Å²) in [5.74, 6) is 0.518. The molecule has 1 N–H and O–H groups in total. The molecule has 1 saturated heterocycles. The van der Waals surface area contributed by atoms with E-state index >= 15 is 0 Å². The molecule has 0 aliphatic carbocycles. The van der Waals surface area contributed by atoms with Gasteiger partial charge in [-0.15, -0.1) is 0 Å². The van der Waals surface area contributed by atoms with Gasteiger partial charge in [0.15, 0.2) is 0 Å². The van der Waals surface area contributed by atoms with E-state index in [0.717, 1.165) is 31.7 Å². The van der Waals surface area contributed by atoms with E-state index < -0.39 is 0 Å². The van der Waals surface area contributed by atoms with Crippen LogP contribution in [0.15, 0.2) is 43.1 Å². The van der Waals surface area contributed by atoms with Crippen LogP contribution < -0.4 is 4.90 Å². The monoisotopic (exact) mass is 280 g/mol. The van der Waals surface area contributed by atoms with Gasteiger partial charge in [0.1, 0.15) is 5.84 Å². The molecule has 1 aromatic carbocycles. The molecule has 108 valence electrons. The maximum absolute atomic E-state index is 7.84. The minimum absolute atomic E-state index is 0.518. The minimum atomic E-state index is 0.518. The summed E-state index contributed by atoms with van der Waals surface area (Å²) in [6, 6.07) is 8.51. The Hall–Kier alpha value is -2.36. The van der Waals surface area contributed by atoms with Crippen molar-refractivity contribution in [3.8, 4) is 0 Å². The van der Waals surface area contributed by atoms with Crippen LogP contribution in [0.1, 0.15) is 5.56 Å². The molecule has 4 nitrogen and oxygen atoms in total. The average Bonchev–Trinajstić information content (AvgIpc) is 2.53. The molecule has 21 heavy (non-hydrogen) atoms. The first-order chi connectivity index (χ1) is 10.2. The highest BCUT2D eigenvalue weighted by Crippen LogP contribution is 2.26. The second-order valence-corrected chi connectivity index (χ2v) is 5.41. The van der Waals surface area contributed by atoms with Gasteiger partial charge in [0.25, 0.3) is 0 Å². The molecule has 0 amide bonds. The zero-order valence-electron chi connectivity index (χ0n) is 12.3. The average molecular weight is 280 g/mol. The molecule has 0 spiro atoms. The lowest BCUT2D eigenvalue weighted by Gasteiger charge is -2.37. The van der Waals surface area contributed by atoms with E-state index in [1.807, 2.05) is 6.20 Å². The van der Waals surface area contributed by atoms with Crippen molar-refractivity contribution in [1.29, 1.82) is 5.41 Å². The van der Waals surface area contributed by atoms with Crippen molar-refractivity contribution >= 4 is 22.4 Å². The molecule has 0 unspecified atom stereocenters. The van der Waals surface area contributed by atoms with Crippen LogP contribution in [0, 0.1) is 12.3 Å². The van der Waals surface area contributed by atoms with Gasteiger partial charge in [0.05, 0.1) is 5.52 Å². The Kier molecular flexibility index (Phi) is 3.60. The lowest BCUT2D eigenvalue weighted by Crippen LogP contribution is -2.48. The molecule has 2 heterocycles. The molecule has 4 heteroatoms. The standard InChI is InChI=1S/C17H20N4/c1-3-17(18)21-10-8-20(9-11-21)16-6-7-19-15-12-13(2)4-5-14(15)16/h3-7,12,18H,1,8-11H2,2H3. The van der Waals surface area contributed by atoms with Crippen LogP contribution in [0.25, 0.3) is 10.9 Å². The number of rotatable bonds is 2. The summed E-state index contributed by atoms with van der Waals surface area (Å²) >= 11 is 0. The predicted molar refractivity (Wildman–Crippen MR) is 88.2 cm³/mol. The van der Waals surface area contributed by atoms with E-state index in [0.29, 0.717) is 5.84 Å². The Balaban J connectivity index is 1.86. The second kappa shape index (κ2) is 5.56. The SMILES string of the molecule is C=CC(=N)N1CCN(c2ccnc3cc(C)ccc23)CC1. The minimum Gasteiger partial charge on any atom is -0.367 e. The first-order valence-corrected chi connectivity index (χ1v) is 7.25. The van der Waals surface area contributed by atoms with Gasteiger partial charge in [-0.3, -0.25) is 10.4 Å². The number of nitrogens with zero attached hydrogens (tertiary/aromatic N) is 3. The fourth-order valence-electron chi connectivity index (χ4n) is 2.84. The Morgan fingerprint density at radius 1 is 1.24 bits per heavy atom. The summed E-state index contributed by atoms with van der Waals surface area (Å²) in [6.45, 7) is 9.33. The van der Waals surface area contributed by atoms with Gasteiger partial charge in [-0.2, -0.15) is 0 Å². The van der Waals surface area contributed by atoms with Crippen molar-refractivity contribution < 1.29 is 0 Å². The summed E-state index contributed by atoms with van der Waals surface area (Å²) in [7, 11) is 0. The molecular weight excluding hydrogens is 260 g/mol. The van der Waals surface area contributed by atoms with Crippen molar-refractivity contribution in [2.24, 2.45) is 0 Å². The van der Waals surface area contributed by atoms with Crippen molar-refractivity contribution in [1.82, 2.24) is 9.88 Å². The second-order valence-electron chi connectivity index (χ2n) is 5.41. The number of amidine groups is 1. The lowest BCUT2D eigenvalue weighted by atomic mass is 10.1. The summed E-state index contributed by atoms with van der Waals surface area (Å²) in [5, 5.41) is 9.04. The number of piperazine rings is 1. The van der Waals surface area contributed by atoms with E-state index in [-0.39, 0.29) is 0 Å². The Labute approximate surface area is 125 Å². The lowest BCUT2D eigenvalue weighted by molar-refractivity contribution is 0.386. The van der Waals surface area contributed by atoms with Gasteiger partial charge < -0.3 is 9.80 Å². The molecule has 1 aromatic heterocycles. The van der Waals surface area contributed by atoms with E-state index in [4.69, 9.17) is 5.41 Å². The Bertz CT molecular complexity index is 684. The number of hydrogen-bond acceptors (Lipinski definition) is 3. The number of fused-ring (bicyclic) bond motifs is 1. The van der Waals surface area contributed by atoms with E-state index in [9.17, 15) is 0 Å². The summed E-state index contributed by atoms with van der Waals surface area (Å²) < 4.78 is 0. The molecule has 1 fully saturated rings. The summed E-state index contributed by atoms with van der Waals surface area (Å²) in [6.07, 6.45) is 3.50. The van der Waals surface area contributed by atoms with Gasteiger partial charge in [0.2, 0.25) is 0 Å². The van der Waals surface area contributed by atoms with E-state index in [1.54, 1.807) is 6.08 Å². The topological polar surface area (TPSA) is 43.2 Å². The molecular formula is C17H20N4. The van der Waals surface area contributed by atoms with Crippen LogP contribution in [-0.2, 0) is 0 Å². The Morgan fingerprint density at radius 3 is 2.71 bits per heavy atom. The maximum atomic E-state index is 7.84. The summed E-state index contributed by atoms with van der Waals surface area (Å²) in [5.41, 5.74) is 3.52. The van der Waals surface area contributed by atoms with Crippen LogP contribution in [0.3, 0.4) is 0 Å². The molecule has 0 radical (unpaired) electrons. The van der Waals surface area contributed by atoms with Gasteiger partial charge in [-0.1, -0.05) is 18.7 Å². The van der Waals surface area contributed by atoms with Crippen molar-refractivity contribution in [3.63, 3.8) is 0 Å². The van der Waals surface area contributed by atoms with Gasteiger partial charge >= 0.3 is 0 Å². The van der Waals surface area contributed by atoms with Crippen LogP contribution in [-0.4, -0.2) is 41.9 Å². The fourth-order valence-corrected chi connectivity index (χ4v) is 2.84. The number of benzene rings is 1. The highest BCUT2D eigenvalue weighted by atomic mass is 15.3. The van der Waals surface area contributed by atoms with Crippen LogP contribution in [0.2, 0.25) is 0 Å². The number of hydrogen-bond donors (Lipinski definition) is 1. The summed E-state index contributed by atoms with van der Waals surface area (Å²) in [4.78, 5) is 8.92. The number of anilines is 1. The molecule has 0 atom stereocenters. The van der Waals surface area contributed by atoms with Crippen molar-refractivity contribution in [3.05, 3.63) is 48.7 Å². The smallest absolute Gasteiger partial charge is 0.120 e. The van der Waals surface area contributed by atoms with Gasteiger partial charge in [0, 0.05) is 43.4 Å². The zero-order valence-corrected chi connectivity index (χ0v) is 12.3. The number of pyridine rings is 1. The van der Waals surface area contributed by atoms with Gasteiger partial charge in [-0.25, -0.2) is 0 Å². The number of nitrogens with one attached hydrogen (secondary N) is 1. The van der Waals surface area contributed by atoms with Crippen LogP contribution >= 0.6 is 0 Å². The quantitative estimate of drug-likeness (QED) is 0.679. The van der Waals surface area contributed by atoms with Gasteiger partial charge in [-0.05, 0) is 30.7 Å². The van der Waals surface area contributed by atoms with Crippen LogP contribution in [0.4, 0.5) is 5.69 Å². The van der Waals surface area contributed by atoms with Crippen molar-refractivity contribution in [2.75, 3.05) is 31.1 Å². The van der Waals surface area contributed by atoms with Crippen molar-refractivity contribution in [2.45, 2.75) is 6.92 Å². The number of aromatic nitrogens is 1. The molecule has 1 aliphatic rings. The Morgan fingerprint density at radius 2 is 2.00 bits per heavy atom. The molecule has 2 aromatic rings. The highest BCUT2D eigenvalue weighted by Gasteiger charge is 2.19.